The Bertz CT molecular complexity index is 642. The molecule has 1 aliphatic rings. The van der Waals surface area contributed by atoms with Gasteiger partial charge in [0.2, 0.25) is 0 Å². The summed E-state index contributed by atoms with van der Waals surface area (Å²) in [4.78, 5) is 0. The van der Waals surface area contributed by atoms with E-state index in [0.717, 1.165) is 23.3 Å². The number of fused-ring (bicyclic) bond motifs is 1. The van der Waals surface area contributed by atoms with Gasteiger partial charge in [-0.15, -0.1) is 0 Å². The van der Waals surface area contributed by atoms with Crippen LogP contribution in [0, 0.1) is 0 Å². The molecule has 0 saturated heterocycles. The average molecular weight is 305 g/mol. The summed E-state index contributed by atoms with van der Waals surface area (Å²) in [5, 5.41) is 11.2. The summed E-state index contributed by atoms with van der Waals surface area (Å²) in [6, 6.07) is 13.3. The number of benzene rings is 2. The number of aliphatic hydroxyl groups is 1. The summed E-state index contributed by atoms with van der Waals surface area (Å²) in [5.41, 5.74) is 1.84. The Labute approximate surface area is 129 Å². The van der Waals surface area contributed by atoms with Gasteiger partial charge in [-0.25, -0.2) is 0 Å². The molecule has 0 aromatic heterocycles. The monoisotopic (exact) mass is 304 g/mol. The largest absolute Gasteiger partial charge is 0.495 e. The van der Waals surface area contributed by atoms with Gasteiger partial charge in [-0.05, 0) is 30.2 Å². The molecule has 0 bridgehead atoms. The van der Waals surface area contributed by atoms with Gasteiger partial charge in [0.25, 0.3) is 0 Å². The maximum atomic E-state index is 10.7. The van der Waals surface area contributed by atoms with Crippen LogP contribution in [0.4, 0.5) is 0 Å². The summed E-state index contributed by atoms with van der Waals surface area (Å²) in [7, 11) is 1.58. The third kappa shape index (κ3) is 2.71. The third-order valence-corrected chi connectivity index (χ3v) is 4.20. The van der Waals surface area contributed by atoms with Gasteiger partial charge >= 0.3 is 0 Å². The van der Waals surface area contributed by atoms with Gasteiger partial charge in [0.1, 0.15) is 11.5 Å². The number of hydrogen-bond donors (Lipinski definition) is 1. The molecule has 1 heterocycles. The average Bonchev–Trinajstić information content (AvgIpc) is 2.53. The summed E-state index contributed by atoms with van der Waals surface area (Å²) >= 11 is 6.15. The number of methoxy groups -OCH3 is 1. The molecule has 1 N–H and O–H groups in total. The highest BCUT2D eigenvalue weighted by atomic mass is 35.5. The van der Waals surface area contributed by atoms with Gasteiger partial charge in [0, 0.05) is 11.5 Å². The van der Waals surface area contributed by atoms with Crippen molar-refractivity contribution in [2.24, 2.45) is 0 Å². The van der Waals surface area contributed by atoms with E-state index in [0.29, 0.717) is 17.4 Å². The maximum Gasteiger partial charge on any atom is 0.137 e. The fourth-order valence-electron chi connectivity index (χ4n) is 2.80. The van der Waals surface area contributed by atoms with Crippen LogP contribution in [0.1, 0.15) is 29.6 Å². The second kappa shape index (κ2) is 5.96. The van der Waals surface area contributed by atoms with Crippen LogP contribution in [0.25, 0.3) is 0 Å². The molecule has 1 aliphatic heterocycles. The summed E-state index contributed by atoms with van der Waals surface area (Å²) in [5.74, 6) is 1.48. The van der Waals surface area contributed by atoms with Crippen LogP contribution >= 0.6 is 11.6 Å². The zero-order valence-corrected chi connectivity index (χ0v) is 12.5. The molecule has 110 valence electrons. The lowest BCUT2D eigenvalue weighted by Crippen LogP contribution is -2.20. The Hall–Kier alpha value is -1.71. The summed E-state index contributed by atoms with van der Waals surface area (Å²) < 4.78 is 10.8. The first-order chi connectivity index (χ1) is 10.2. The van der Waals surface area contributed by atoms with E-state index in [2.05, 4.69) is 0 Å². The second-order valence-electron chi connectivity index (χ2n) is 5.12. The van der Waals surface area contributed by atoms with Crippen molar-refractivity contribution in [2.45, 2.75) is 18.4 Å². The van der Waals surface area contributed by atoms with E-state index in [-0.39, 0.29) is 5.92 Å². The lowest BCUT2D eigenvalue weighted by molar-refractivity contribution is 0.117. The van der Waals surface area contributed by atoms with E-state index in [1.54, 1.807) is 19.2 Å². The lowest BCUT2D eigenvalue weighted by atomic mass is 9.85. The highest BCUT2D eigenvalue weighted by Crippen LogP contribution is 2.42. The fourth-order valence-corrected chi connectivity index (χ4v) is 3.06. The maximum absolute atomic E-state index is 10.7. The first kappa shape index (κ1) is 14.2. The van der Waals surface area contributed by atoms with Crippen LogP contribution in [0.3, 0.4) is 0 Å². The van der Waals surface area contributed by atoms with Crippen molar-refractivity contribution in [1.82, 2.24) is 0 Å². The van der Waals surface area contributed by atoms with Gasteiger partial charge in [-0.3, -0.25) is 0 Å². The molecule has 2 aromatic carbocycles. The Morgan fingerprint density at radius 3 is 2.86 bits per heavy atom. The van der Waals surface area contributed by atoms with Gasteiger partial charge in [0.05, 0.1) is 24.8 Å². The SMILES string of the molecule is COc1ccc(C(O)C2CCOc3ccccc32)cc1Cl. The molecule has 21 heavy (non-hydrogen) atoms. The van der Waals surface area contributed by atoms with Crippen LogP contribution in [0.2, 0.25) is 5.02 Å². The fraction of sp³-hybridized carbons (Fsp3) is 0.294. The Morgan fingerprint density at radius 1 is 1.29 bits per heavy atom. The van der Waals surface area contributed by atoms with Crippen LogP contribution in [-0.4, -0.2) is 18.8 Å². The number of halogens is 1. The summed E-state index contributed by atoms with van der Waals surface area (Å²) in [6.45, 7) is 0.614. The highest BCUT2D eigenvalue weighted by Gasteiger charge is 2.28. The predicted octanol–water partition coefficient (Wildman–Crippen LogP) is 3.95. The second-order valence-corrected chi connectivity index (χ2v) is 5.53. The van der Waals surface area contributed by atoms with Gasteiger partial charge in [-0.1, -0.05) is 35.9 Å². The van der Waals surface area contributed by atoms with Crippen molar-refractivity contribution in [2.75, 3.05) is 13.7 Å². The molecule has 0 amide bonds. The minimum absolute atomic E-state index is 0.0133. The first-order valence-electron chi connectivity index (χ1n) is 6.94. The van der Waals surface area contributed by atoms with Crippen molar-refractivity contribution >= 4 is 11.6 Å². The Kier molecular flexibility index (Phi) is 4.04. The molecule has 0 fully saturated rings. The number of rotatable bonds is 3. The van der Waals surface area contributed by atoms with Crippen LogP contribution in [0.5, 0.6) is 11.5 Å². The molecular weight excluding hydrogens is 288 g/mol. The van der Waals surface area contributed by atoms with E-state index in [9.17, 15) is 5.11 Å². The molecule has 0 spiro atoms. The normalized spacial score (nSPS) is 18.5. The highest BCUT2D eigenvalue weighted by molar-refractivity contribution is 6.32. The van der Waals surface area contributed by atoms with E-state index >= 15 is 0 Å². The van der Waals surface area contributed by atoms with E-state index < -0.39 is 6.10 Å². The standard InChI is InChI=1S/C17H17ClO3/c1-20-16-7-6-11(10-14(16)18)17(19)13-8-9-21-15-5-3-2-4-12(13)15/h2-7,10,13,17,19H,8-9H2,1H3. The van der Waals surface area contributed by atoms with Crippen LogP contribution in [-0.2, 0) is 0 Å². The molecule has 2 atom stereocenters. The quantitative estimate of drug-likeness (QED) is 0.933. The topological polar surface area (TPSA) is 38.7 Å². The Morgan fingerprint density at radius 2 is 2.10 bits per heavy atom. The number of aliphatic hydroxyl groups excluding tert-OH is 1. The molecule has 2 aromatic rings. The molecule has 3 nitrogen and oxygen atoms in total. The summed E-state index contributed by atoms with van der Waals surface area (Å²) in [6.07, 6.45) is 0.167. The van der Waals surface area contributed by atoms with E-state index in [1.807, 2.05) is 30.3 Å². The molecule has 3 rings (SSSR count). The van der Waals surface area contributed by atoms with Crippen molar-refractivity contribution in [3.05, 3.63) is 58.6 Å². The Balaban J connectivity index is 1.92. The molecule has 4 heteroatoms. The molecule has 0 radical (unpaired) electrons. The first-order valence-corrected chi connectivity index (χ1v) is 7.31. The van der Waals surface area contributed by atoms with Gasteiger partial charge in [-0.2, -0.15) is 0 Å². The zero-order valence-electron chi connectivity index (χ0n) is 11.8. The smallest absolute Gasteiger partial charge is 0.137 e. The van der Waals surface area contributed by atoms with Crippen LogP contribution < -0.4 is 9.47 Å². The zero-order chi connectivity index (χ0) is 14.8. The van der Waals surface area contributed by atoms with Gasteiger partial charge < -0.3 is 14.6 Å². The molecular formula is C17H17ClO3. The van der Waals surface area contributed by atoms with Crippen LogP contribution in [0.15, 0.2) is 42.5 Å². The third-order valence-electron chi connectivity index (χ3n) is 3.90. The number of ether oxygens (including phenoxy) is 2. The van der Waals surface area contributed by atoms with Gasteiger partial charge in [0.15, 0.2) is 0 Å². The minimum atomic E-state index is -0.613. The minimum Gasteiger partial charge on any atom is -0.495 e. The molecule has 0 aliphatic carbocycles. The number of hydrogen-bond acceptors (Lipinski definition) is 3. The van der Waals surface area contributed by atoms with Crippen molar-refractivity contribution in [3.63, 3.8) is 0 Å². The molecule has 2 unspecified atom stereocenters. The van der Waals surface area contributed by atoms with Crippen molar-refractivity contribution < 1.29 is 14.6 Å². The lowest BCUT2D eigenvalue weighted by Gasteiger charge is -2.29. The van der Waals surface area contributed by atoms with E-state index in [4.69, 9.17) is 21.1 Å². The van der Waals surface area contributed by atoms with Crippen molar-refractivity contribution in [3.8, 4) is 11.5 Å². The van der Waals surface area contributed by atoms with E-state index in [1.165, 1.54) is 0 Å². The van der Waals surface area contributed by atoms with Crippen molar-refractivity contribution in [1.29, 1.82) is 0 Å². The predicted molar refractivity (Wildman–Crippen MR) is 82.3 cm³/mol. The molecule has 0 saturated carbocycles. The number of para-hydroxylation sites is 1.